The number of thiophene rings is 1. The number of nitrogens with zero attached hydrogens (tertiary/aromatic N) is 1. The van der Waals surface area contributed by atoms with E-state index in [-0.39, 0.29) is 0 Å². The highest BCUT2D eigenvalue weighted by atomic mass is 32.1. The van der Waals surface area contributed by atoms with Gasteiger partial charge in [-0.2, -0.15) is 0 Å². The first-order valence-corrected chi connectivity index (χ1v) is 8.41. The van der Waals surface area contributed by atoms with Gasteiger partial charge in [0.25, 0.3) is 0 Å². The van der Waals surface area contributed by atoms with E-state index < -0.39 is 0 Å². The highest BCUT2D eigenvalue weighted by Gasteiger charge is 2.01. The van der Waals surface area contributed by atoms with Crippen molar-refractivity contribution in [3.8, 4) is 0 Å². The molecule has 6 heteroatoms. The Kier molecular flexibility index (Phi) is 7.55. The van der Waals surface area contributed by atoms with Crippen molar-refractivity contribution in [2.45, 2.75) is 19.9 Å². The Bertz CT molecular complexity index is 524. The Morgan fingerprint density at radius 3 is 2.91 bits per heavy atom. The van der Waals surface area contributed by atoms with E-state index in [9.17, 15) is 0 Å². The lowest BCUT2D eigenvalue weighted by molar-refractivity contribution is 0.152. The number of aliphatic imine (C=N–C) groups is 1. The molecule has 2 aromatic rings. The Morgan fingerprint density at radius 2 is 2.18 bits per heavy atom. The monoisotopic (exact) mass is 321 g/mol. The standard InChI is InChI=1S/C16H23N3O2S/c1-2-20-11-9-18-16(19-13-15-6-4-12-22-15)17-8-7-14-5-3-10-21-14/h3-6,10,12H,2,7-9,11,13H2,1H3,(H2,17,18,19). The van der Waals surface area contributed by atoms with Crippen LogP contribution in [0.4, 0.5) is 0 Å². The number of guanidine groups is 1. The van der Waals surface area contributed by atoms with Gasteiger partial charge in [-0.3, -0.25) is 0 Å². The second kappa shape index (κ2) is 10.0. The third kappa shape index (κ3) is 6.32. The zero-order valence-electron chi connectivity index (χ0n) is 12.9. The molecule has 0 fully saturated rings. The first-order valence-electron chi connectivity index (χ1n) is 7.53. The fourth-order valence-electron chi connectivity index (χ4n) is 1.88. The molecule has 0 spiro atoms. The van der Waals surface area contributed by atoms with E-state index in [1.54, 1.807) is 17.6 Å². The van der Waals surface area contributed by atoms with Crippen molar-refractivity contribution in [2.24, 2.45) is 4.99 Å². The second-order valence-electron chi connectivity index (χ2n) is 4.62. The van der Waals surface area contributed by atoms with Crippen molar-refractivity contribution >= 4 is 17.3 Å². The molecule has 0 radical (unpaired) electrons. The van der Waals surface area contributed by atoms with Crippen LogP contribution in [0.25, 0.3) is 0 Å². The van der Waals surface area contributed by atoms with E-state index in [0.29, 0.717) is 13.2 Å². The van der Waals surface area contributed by atoms with Gasteiger partial charge in [-0.15, -0.1) is 11.3 Å². The van der Waals surface area contributed by atoms with Gasteiger partial charge in [0, 0.05) is 31.0 Å². The summed E-state index contributed by atoms with van der Waals surface area (Å²) in [4.78, 5) is 5.85. The molecule has 0 aliphatic rings. The van der Waals surface area contributed by atoms with Crippen LogP contribution in [0.5, 0.6) is 0 Å². The predicted molar refractivity (Wildman–Crippen MR) is 90.4 cm³/mol. The smallest absolute Gasteiger partial charge is 0.191 e. The lowest BCUT2D eigenvalue weighted by Gasteiger charge is -2.12. The number of hydrogen-bond acceptors (Lipinski definition) is 4. The Hall–Kier alpha value is -1.79. The van der Waals surface area contributed by atoms with E-state index in [0.717, 1.165) is 37.8 Å². The fraction of sp³-hybridized carbons (Fsp3) is 0.438. The summed E-state index contributed by atoms with van der Waals surface area (Å²) < 4.78 is 10.7. The minimum atomic E-state index is 0.675. The third-order valence-corrected chi connectivity index (χ3v) is 3.82. The largest absolute Gasteiger partial charge is 0.469 e. The molecule has 0 aliphatic heterocycles. The van der Waals surface area contributed by atoms with E-state index in [4.69, 9.17) is 9.15 Å². The zero-order chi connectivity index (χ0) is 15.5. The third-order valence-electron chi connectivity index (χ3n) is 2.96. The minimum Gasteiger partial charge on any atom is -0.469 e. The highest BCUT2D eigenvalue weighted by Crippen LogP contribution is 2.09. The number of hydrogen-bond donors (Lipinski definition) is 2. The summed E-state index contributed by atoms with van der Waals surface area (Å²) >= 11 is 1.72. The van der Waals surface area contributed by atoms with Crippen LogP contribution in [0.3, 0.4) is 0 Å². The molecular formula is C16H23N3O2S. The van der Waals surface area contributed by atoms with Crippen LogP contribution < -0.4 is 10.6 Å². The summed E-state index contributed by atoms with van der Waals surface area (Å²) in [5.74, 6) is 1.78. The van der Waals surface area contributed by atoms with E-state index in [1.807, 2.05) is 25.1 Å². The van der Waals surface area contributed by atoms with Gasteiger partial charge in [-0.1, -0.05) is 6.07 Å². The minimum absolute atomic E-state index is 0.675. The SMILES string of the molecule is CCOCCNC(=NCc1cccs1)NCCc1ccco1. The molecule has 2 heterocycles. The summed E-state index contributed by atoms with van der Waals surface area (Å²) in [7, 11) is 0. The van der Waals surface area contributed by atoms with Gasteiger partial charge in [0.15, 0.2) is 5.96 Å². The van der Waals surface area contributed by atoms with Crippen molar-refractivity contribution in [3.63, 3.8) is 0 Å². The lowest BCUT2D eigenvalue weighted by atomic mass is 10.3. The molecule has 0 aromatic carbocycles. The molecule has 0 atom stereocenters. The van der Waals surface area contributed by atoms with Crippen LogP contribution in [0.2, 0.25) is 0 Å². The van der Waals surface area contributed by atoms with Gasteiger partial charge in [-0.05, 0) is 30.5 Å². The molecule has 0 aliphatic carbocycles. The average molecular weight is 321 g/mol. The average Bonchev–Trinajstić information content (AvgIpc) is 3.21. The summed E-state index contributed by atoms with van der Waals surface area (Å²) in [5, 5.41) is 8.68. The van der Waals surface area contributed by atoms with Gasteiger partial charge >= 0.3 is 0 Å². The predicted octanol–water partition coefficient (Wildman–Crippen LogP) is 2.66. The molecule has 5 nitrogen and oxygen atoms in total. The van der Waals surface area contributed by atoms with Crippen molar-refractivity contribution < 1.29 is 9.15 Å². The van der Waals surface area contributed by atoms with Crippen LogP contribution >= 0.6 is 11.3 Å². The van der Waals surface area contributed by atoms with E-state index in [2.05, 4.69) is 27.1 Å². The highest BCUT2D eigenvalue weighted by molar-refractivity contribution is 7.09. The maximum atomic E-state index is 5.34. The maximum Gasteiger partial charge on any atom is 0.191 e. The topological polar surface area (TPSA) is 58.8 Å². The van der Waals surface area contributed by atoms with Crippen LogP contribution in [0.15, 0.2) is 45.3 Å². The molecule has 0 saturated heterocycles. The van der Waals surface area contributed by atoms with E-state index >= 15 is 0 Å². The normalized spacial score (nSPS) is 11.6. The molecule has 2 aromatic heterocycles. The van der Waals surface area contributed by atoms with Crippen molar-refractivity contribution in [3.05, 3.63) is 46.5 Å². The van der Waals surface area contributed by atoms with Crippen molar-refractivity contribution in [1.82, 2.24) is 10.6 Å². The fourth-order valence-corrected chi connectivity index (χ4v) is 2.51. The second-order valence-corrected chi connectivity index (χ2v) is 5.66. The molecule has 2 rings (SSSR count). The lowest BCUT2D eigenvalue weighted by Crippen LogP contribution is -2.40. The van der Waals surface area contributed by atoms with Gasteiger partial charge < -0.3 is 19.8 Å². The van der Waals surface area contributed by atoms with Crippen LogP contribution in [0, 0.1) is 0 Å². The number of furan rings is 1. The molecule has 0 amide bonds. The van der Waals surface area contributed by atoms with Crippen LogP contribution in [-0.4, -0.2) is 32.3 Å². The Morgan fingerprint density at radius 1 is 1.27 bits per heavy atom. The molecule has 22 heavy (non-hydrogen) atoms. The van der Waals surface area contributed by atoms with Crippen molar-refractivity contribution in [1.29, 1.82) is 0 Å². The van der Waals surface area contributed by atoms with Gasteiger partial charge in [-0.25, -0.2) is 4.99 Å². The Balaban J connectivity index is 1.78. The number of rotatable bonds is 9. The Labute approximate surface area is 135 Å². The quantitative estimate of drug-likeness (QED) is 0.423. The number of nitrogens with one attached hydrogen (secondary N) is 2. The summed E-state index contributed by atoms with van der Waals surface area (Å²) in [6, 6.07) is 8.02. The first kappa shape index (κ1) is 16.6. The van der Waals surface area contributed by atoms with Gasteiger partial charge in [0.1, 0.15) is 5.76 Å². The summed E-state index contributed by atoms with van der Waals surface area (Å²) in [6.45, 7) is 5.60. The molecule has 120 valence electrons. The zero-order valence-corrected chi connectivity index (χ0v) is 13.7. The van der Waals surface area contributed by atoms with E-state index in [1.165, 1.54) is 4.88 Å². The van der Waals surface area contributed by atoms with Gasteiger partial charge in [0.2, 0.25) is 0 Å². The molecule has 2 N–H and O–H groups in total. The first-order chi connectivity index (χ1) is 10.9. The van der Waals surface area contributed by atoms with Crippen molar-refractivity contribution in [2.75, 3.05) is 26.3 Å². The van der Waals surface area contributed by atoms with Crippen LogP contribution in [-0.2, 0) is 17.7 Å². The number of ether oxygens (including phenoxy) is 1. The van der Waals surface area contributed by atoms with Gasteiger partial charge in [0.05, 0.1) is 19.4 Å². The molecule has 0 saturated carbocycles. The molecule has 0 bridgehead atoms. The summed E-state index contributed by atoms with van der Waals surface area (Å²) in [5.41, 5.74) is 0. The van der Waals surface area contributed by atoms with Crippen LogP contribution in [0.1, 0.15) is 17.6 Å². The maximum absolute atomic E-state index is 5.34. The summed E-state index contributed by atoms with van der Waals surface area (Å²) in [6.07, 6.45) is 2.53. The molecular weight excluding hydrogens is 298 g/mol. The molecule has 0 unspecified atom stereocenters.